The molecule has 0 N–H and O–H groups in total. The highest BCUT2D eigenvalue weighted by atomic mass is 28.4. The van der Waals surface area contributed by atoms with Crippen molar-refractivity contribution in [3.8, 4) is 0 Å². The molecule has 4 heteroatoms. The van der Waals surface area contributed by atoms with Crippen LogP contribution >= 0.6 is 0 Å². The Hall–Kier alpha value is -0.613. The maximum atomic E-state index is 11.1. The molecule has 0 aliphatic rings. The van der Waals surface area contributed by atoms with Crippen LogP contribution < -0.4 is 0 Å². The van der Waals surface area contributed by atoms with Gasteiger partial charge in [0.15, 0.2) is 8.32 Å². The summed E-state index contributed by atoms with van der Waals surface area (Å²) in [6.07, 6.45) is 7.03. The van der Waals surface area contributed by atoms with Crippen molar-refractivity contribution in [3.05, 3.63) is 12.7 Å². The SMILES string of the molecule is C=CC(=O)OCCC(CCCCC)[Si](C)(C)OCC. The molecule has 0 aromatic rings. The van der Waals surface area contributed by atoms with Crippen molar-refractivity contribution in [2.75, 3.05) is 13.2 Å². The van der Waals surface area contributed by atoms with E-state index < -0.39 is 8.32 Å². The Labute approximate surface area is 119 Å². The average Bonchev–Trinajstić information content (AvgIpc) is 2.36. The lowest BCUT2D eigenvalue weighted by atomic mass is 10.1. The number of rotatable bonds is 11. The molecule has 0 radical (unpaired) electrons. The zero-order valence-corrected chi connectivity index (χ0v) is 14.0. The van der Waals surface area contributed by atoms with Crippen LogP contribution in [0.2, 0.25) is 18.6 Å². The number of hydrogen-bond donors (Lipinski definition) is 0. The number of ether oxygens (including phenoxy) is 1. The van der Waals surface area contributed by atoms with E-state index in [-0.39, 0.29) is 5.97 Å². The largest absolute Gasteiger partial charge is 0.463 e. The fourth-order valence-electron chi connectivity index (χ4n) is 2.33. The van der Waals surface area contributed by atoms with E-state index in [4.69, 9.17) is 9.16 Å². The highest BCUT2D eigenvalue weighted by Gasteiger charge is 2.32. The molecule has 0 amide bonds. The quantitative estimate of drug-likeness (QED) is 0.246. The van der Waals surface area contributed by atoms with Gasteiger partial charge in [-0.05, 0) is 32.0 Å². The molecule has 0 aliphatic carbocycles. The van der Waals surface area contributed by atoms with Gasteiger partial charge < -0.3 is 9.16 Å². The fraction of sp³-hybridized carbons (Fsp3) is 0.800. The third-order valence-electron chi connectivity index (χ3n) is 3.53. The molecule has 19 heavy (non-hydrogen) atoms. The first-order valence-electron chi connectivity index (χ1n) is 7.41. The number of unbranched alkanes of at least 4 members (excludes halogenated alkanes) is 2. The lowest BCUT2D eigenvalue weighted by Gasteiger charge is -2.32. The Morgan fingerprint density at radius 1 is 1.26 bits per heavy atom. The predicted molar refractivity (Wildman–Crippen MR) is 82.8 cm³/mol. The van der Waals surface area contributed by atoms with Crippen LogP contribution in [0.5, 0.6) is 0 Å². The van der Waals surface area contributed by atoms with Crippen molar-refractivity contribution < 1.29 is 14.0 Å². The predicted octanol–water partition coefficient (Wildman–Crippen LogP) is 4.30. The minimum atomic E-state index is -1.68. The number of hydrogen-bond acceptors (Lipinski definition) is 3. The standard InChI is InChI=1S/C15H30O3Si/c1-6-9-10-11-14(19(4,5)18-8-3)12-13-17-15(16)7-2/h7,14H,2,6,8-13H2,1,3-5H3. The molecular weight excluding hydrogens is 256 g/mol. The number of carbonyl (C=O) groups is 1. The first-order chi connectivity index (χ1) is 8.97. The van der Waals surface area contributed by atoms with Gasteiger partial charge in [-0.2, -0.15) is 0 Å². The van der Waals surface area contributed by atoms with Crippen molar-refractivity contribution in [2.24, 2.45) is 0 Å². The Kier molecular flexibility index (Phi) is 9.88. The van der Waals surface area contributed by atoms with E-state index in [9.17, 15) is 4.79 Å². The van der Waals surface area contributed by atoms with Gasteiger partial charge in [-0.3, -0.25) is 0 Å². The maximum Gasteiger partial charge on any atom is 0.330 e. The van der Waals surface area contributed by atoms with Crippen molar-refractivity contribution in [1.29, 1.82) is 0 Å². The summed E-state index contributed by atoms with van der Waals surface area (Å²) in [5, 5.41) is 0. The Bertz CT molecular complexity index is 264. The lowest BCUT2D eigenvalue weighted by Crippen LogP contribution is -2.37. The van der Waals surface area contributed by atoms with E-state index in [2.05, 4.69) is 33.5 Å². The molecule has 0 aliphatic heterocycles. The van der Waals surface area contributed by atoms with Crippen molar-refractivity contribution >= 4 is 14.3 Å². The first-order valence-corrected chi connectivity index (χ1v) is 10.4. The van der Waals surface area contributed by atoms with Crippen LogP contribution in [-0.4, -0.2) is 27.5 Å². The third-order valence-corrected chi connectivity index (χ3v) is 7.11. The summed E-state index contributed by atoms with van der Waals surface area (Å²) >= 11 is 0. The van der Waals surface area contributed by atoms with E-state index in [1.54, 1.807) is 0 Å². The molecule has 0 aromatic carbocycles. The van der Waals surface area contributed by atoms with E-state index >= 15 is 0 Å². The van der Waals surface area contributed by atoms with Crippen LogP contribution in [0, 0.1) is 0 Å². The third kappa shape index (κ3) is 8.21. The normalized spacial score (nSPS) is 13.1. The minimum Gasteiger partial charge on any atom is -0.463 e. The molecule has 1 atom stereocenters. The first kappa shape index (κ1) is 18.4. The molecule has 0 fully saturated rings. The van der Waals surface area contributed by atoms with Gasteiger partial charge in [-0.1, -0.05) is 39.2 Å². The van der Waals surface area contributed by atoms with Crippen LogP contribution in [0.1, 0.15) is 46.0 Å². The Balaban J connectivity index is 4.31. The summed E-state index contributed by atoms with van der Waals surface area (Å²) in [7, 11) is -1.68. The molecule has 112 valence electrons. The molecule has 0 spiro atoms. The molecule has 0 bridgehead atoms. The van der Waals surface area contributed by atoms with Crippen molar-refractivity contribution in [1.82, 2.24) is 0 Å². The summed E-state index contributed by atoms with van der Waals surface area (Å²) in [6, 6.07) is 0. The monoisotopic (exact) mass is 286 g/mol. The zero-order chi connectivity index (χ0) is 14.7. The highest BCUT2D eigenvalue weighted by Crippen LogP contribution is 2.32. The molecule has 3 nitrogen and oxygen atoms in total. The minimum absolute atomic E-state index is 0.330. The summed E-state index contributed by atoms with van der Waals surface area (Å²) in [5.74, 6) is -0.330. The van der Waals surface area contributed by atoms with Crippen LogP contribution in [0.4, 0.5) is 0 Å². The van der Waals surface area contributed by atoms with E-state index in [1.807, 2.05) is 0 Å². The van der Waals surface area contributed by atoms with Crippen molar-refractivity contribution in [3.63, 3.8) is 0 Å². The number of esters is 1. The van der Waals surface area contributed by atoms with Crippen molar-refractivity contribution in [2.45, 2.75) is 64.6 Å². The molecule has 0 aromatic heterocycles. The van der Waals surface area contributed by atoms with Gasteiger partial charge in [0.05, 0.1) is 6.61 Å². The summed E-state index contributed by atoms with van der Waals surface area (Å²) in [4.78, 5) is 11.1. The van der Waals surface area contributed by atoms with E-state index in [0.717, 1.165) is 13.0 Å². The van der Waals surface area contributed by atoms with E-state index in [1.165, 1.54) is 31.8 Å². The van der Waals surface area contributed by atoms with Crippen LogP contribution in [0.25, 0.3) is 0 Å². The second-order valence-corrected chi connectivity index (χ2v) is 9.70. The van der Waals surface area contributed by atoms with Crippen LogP contribution in [-0.2, 0) is 14.0 Å². The Morgan fingerprint density at radius 2 is 1.95 bits per heavy atom. The summed E-state index contributed by atoms with van der Waals surface area (Å²) in [5.41, 5.74) is 0.552. The fourth-order valence-corrected chi connectivity index (χ4v) is 5.02. The van der Waals surface area contributed by atoms with Gasteiger partial charge in [0, 0.05) is 12.7 Å². The Morgan fingerprint density at radius 3 is 2.47 bits per heavy atom. The zero-order valence-electron chi connectivity index (χ0n) is 13.0. The number of carbonyl (C=O) groups excluding carboxylic acids is 1. The molecule has 0 rings (SSSR count). The van der Waals surface area contributed by atoms with Gasteiger partial charge >= 0.3 is 5.97 Å². The molecular formula is C15H30O3Si. The molecule has 0 saturated carbocycles. The van der Waals surface area contributed by atoms with Gasteiger partial charge in [0.1, 0.15) is 0 Å². The highest BCUT2D eigenvalue weighted by molar-refractivity contribution is 6.72. The summed E-state index contributed by atoms with van der Waals surface area (Å²) in [6.45, 7) is 13.5. The molecule has 0 heterocycles. The molecule has 0 saturated heterocycles. The van der Waals surface area contributed by atoms with Crippen LogP contribution in [0.3, 0.4) is 0 Å². The van der Waals surface area contributed by atoms with Gasteiger partial charge in [0.25, 0.3) is 0 Å². The lowest BCUT2D eigenvalue weighted by molar-refractivity contribution is -0.137. The van der Waals surface area contributed by atoms with E-state index in [0.29, 0.717) is 12.1 Å². The second kappa shape index (κ2) is 10.2. The molecule has 1 unspecified atom stereocenters. The van der Waals surface area contributed by atoms with Gasteiger partial charge in [-0.15, -0.1) is 0 Å². The maximum absolute atomic E-state index is 11.1. The topological polar surface area (TPSA) is 35.5 Å². The average molecular weight is 286 g/mol. The van der Waals surface area contributed by atoms with Gasteiger partial charge in [0.2, 0.25) is 0 Å². The summed E-state index contributed by atoms with van der Waals surface area (Å²) < 4.78 is 11.1. The smallest absolute Gasteiger partial charge is 0.330 e. The van der Waals surface area contributed by atoms with Crippen LogP contribution in [0.15, 0.2) is 12.7 Å². The second-order valence-electron chi connectivity index (χ2n) is 5.39. The van der Waals surface area contributed by atoms with Gasteiger partial charge in [-0.25, -0.2) is 4.79 Å².